The van der Waals surface area contributed by atoms with E-state index in [4.69, 9.17) is 23.2 Å². The largest absolute Gasteiger partial charge is 0.236 e. The van der Waals surface area contributed by atoms with E-state index in [1.165, 1.54) is 0 Å². The Kier molecular flexibility index (Phi) is 3.56. The molecule has 0 unspecified atom stereocenters. The van der Waals surface area contributed by atoms with E-state index in [2.05, 4.69) is 4.98 Å². The molecule has 0 atom stereocenters. The molecule has 0 N–H and O–H groups in total. The standard InChI is InChI=1S/C15H9Cl2NS/c16-11-5-3-4-10(8-11)14-9-19-15(18-14)12-6-1-2-7-13(12)17/h1-9H. The summed E-state index contributed by atoms with van der Waals surface area (Å²) in [6.07, 6.45) is 0. The number of aromatic nitrogens is 1. The molecule has 1 nitrogen and oxygen atoms in total. The third-order valence-electron chi connectivity index (χ3n) is 2.73. The molecule has 0 radical (unpaired) electrons. The molecule has 3 rings (SSSR count). The van der Waals surface area contributed by atoms with E-state index in [-0.39, 0.29) is 0 Å². The first kappa shape index (κ1) is 12.7. The van der Waals surface area contributed by atoms with E-state index >= 15 is 0 Å². The fraction of sp³-hybridized carbons (Fsp3) is 0. The molecule has 2 aromatic carbocycles. The summed E-state index contributed by atoms with van der Waals surface area (Å²) in [5.74, 6) is 0. The van der Waals surface area contributed by atoms with Crippen molar-refractivity contribution < 1.29 is 0 Å². The minimum atomic E-state index is 0.713. The van der Waals surface area contributed by atoms with E-state index in [9.17, 15) is 0 Å². The van der Waals surface area contributed by atoms with Crippen LogP contribution in [0.5, 0.6) is 0 Å². The number of hydrogen-bond acceptors (Lipinski definition) is 2. The first-order chi connectivity index (χ1) is 9.24. The predicted molar refractivity (Wildman–Crippen MR) is 83.0 cm³/mol. The van der Waals surface area contributed by atoms with E-state index in [1.54, 1.807) is 11.3 Å². The highest BCUT2D eigenvalue weighted by Crippen LogP contribution is 2.33. The van der Waals surface area contributed by atoms with E-state index < -0.39 is 0 Å². The average molecular weight is 306 g/mol. The zero-order valence-corrected chi connectivity index (χ0v) is 12.1. The summed E-state index contributed by atoms with van der Waals surface area (Å²) < 4.78 is 0. The van der Waals surface area contributed by atoms with E-state index in [0.29, 0.717) is 5.02 Å². The van der Waals surface area contributed by atoms with Gasteiger partial charge in [0.05, 0.1) is 10.7 Å². The molecule has 0 amide bonds. The lowest BCUT2D eigenvalue weighted by atomic mass is 10.2. The molecule has 0 spiro atoms. The molecule has 19 heavy (non-hydrogen) atoms. The van der Waals surface area contributed by atoms with Gasteiger partial charge in [-0.2, -0.15) is 0 Å². The fourth-order valence-corrected chi connectivity index (χ4v) is 3.15. The number of nitrogens with zero attached hydrogens (tertiary/aromatic N) is 1. The molecule has 1 heterocycles. The number of halogens is 2. The predicted octanol–water partition coefficient (Wildman–Crippen LogP) is 5.78. The number of thiazole rings is 1. The van der Waals surface area contributed by atoms with Crippen LogP contribution < -0.4 is 0 Å². The minimum Gasteiger partial charge on any atom is -0.236 e. The molecule has 0 aliphatic heterocycles. The summed E-state index contributed by atoms with van der Waals surface area (Å²) in [5.41, 5.74) is 2.90. The Balaban J connectivity index is 2.03. The van der Waals surface area contributed by atoms with Crippen LogP contribution in [0, 0.1) is 0 Å². The molecule has 0 fully saturated rings. The van der Waals surface area contributed by atoms with Crippen molar-refractivity contribution in [3.05, 3.63) is 64.0 Å². The monoisotopic (exact) mass is 305 g/mol. The molecule has 0 saturated carbocycles. The zero-order valence-electron chi connectivity index (χ0n) is 9.81. The smallest absolute Gasteiger partial charge is 0.125 e. The Morgan fingerprint density at radius 2 is 1.79 bits per heavy atom. The van der Waals surface area contributed by atoms with Crippen molar-refractivity contribution in [2.24, 2.45) is 0 Å². The molecule has 3 aromatic rings. The van der Waals surface area contributed by atoms with E-state index in [0.717, 1.165) is 26.9 Å². The maximum absolute atomic E-state index is 6.18. The van der Waals surface area contributed by atoms with Crippen molar-refractivity contribution in [2.45, 2.75) is 0 Å². The van der Waals surface area contributed by atoms with Gasteiger partial charge in [0.15, 0.2) is 0 Å². The van der Waals surface area contributed by atoms with Crippen LogP contribution in [-0.2, 0) is 0 Å². The van der Waals surface area contributed by atoms with E-state index in [1.807, 2.05) is 53.9 Å². The van der Waals surface area contributed by atoms with Gasteiger partial charge in [0, 0.05) is 21.5 Å². The van der Waals surface area contributed by atoms with Gasteiger partial charge in [-0.25, -0.2) is 4.98 Å². The maximum atomic E-state index is 6.18. The third-order valence-corrected chi connectivity index (χ3v) is 4.17. The number of benzene rings is 2. The van der Waals surface area contributed by atoms with Gasteiger partial charge in [0.2, 0.25) is 0 Å². The Hall–Kier alpha value is -1.35. The quantitative estimate of drug-likeness (QED) is 0.584. The minimum absolute atomic E-state index is 0.713. The molecule has 4 heteroatoms. The lowest BCUT2D eigenvalue weighted by Crippen LogP contribution is -1.80. The van der Waals surface area contributed by atoms with Crippen molar-refractivity contribution in [3.63, 3.8) is 0 Å². The van der Waals surface area contributed by atoms with Gasteiger partial charge in [0.25, 0.3) is 0 Å². The van der Waals surface area contributed by atoms with Crippen LogP contribution in [0.15, 0.2) is 53.9 Å². The van der Waals surface area contributed by atoms with Crippen LogP contribution in [0.3, 0.4) is 0 Å². The van der Waals surface area contributed by atoms with Crippen molar-refractivity contribution in [1.29, 1.82) is 0 Å². The Morgan fingerprint density at radius 3 is 2.58 bits per heavy atom. The highest BCUT2D eigenvalue weighted by Gasteiger charge is 2.09. The van der Waals surface area contributed by atoms with Crippen molar-refractivity contribution in [2.75, 3.05) is 0 Å². The van der Waals surface area contributed by atoms with Crippen LogP contribution in [-0.4, -0.2) is 4.98 Å². The molecule has 0 aliphatic carbocycles. The fourth-order valence-electron chi connectivity index (χ4n) is 1.81. The lowest BCUT2D eigenvalue weighted by Gasteiger charge is -1.99. The molecule has 0 aliphatic rings. The van der Waals surface area contributed by atoms with Crippen molar-refractivity contribution >= 4 is 34.5 Å². The highest BCUT2D eigenvalue weighted by atomic mass is 35.5. The van der Waals surface area contributed by atoms with Gasteiger partial charge >= 0.3 is 0 Å². The second-order valence-corrected chi connectivity index (χ2v) is 5.73. The first-order valence-corrected chi connectivity index (χ1v) is 7.34. The van der Waals surface area contributed by atoms with Crippen LogP contribution >= 0.6 is 34.5 Å². The average Bonchev–Trinajstić information content (AvgIpc) is 2.89. The van der Waals surface area contributed by atoms with Crippen LogP contribution in [0.1, 0.15) is 0 Å². The maximum Gasteiger partial charge on any atom is 0.125 e. The van der Waals surface area contributed by atoms with Gasteiger partial charge in [-0.05, 0) is 18.2 Å². The second kappa shape index (κ2) is 5.33. The number of hydrogen-bond donors (Lipinski definition) is 0. The number of rotatable bonds is 2. The Bertz CT molecular complexity index is 721. The van der Waals surface area contributed by atoms with Crippen molar-refractivity contribution in [1.82, 2.24) is 4.98 Å². The van der Waals surface area contributed by atoms with Gasteiger partial charge in [-0.15, -0.1) is 11.3 Å². The highest BCUT2D eigenvalue weighted by molar-refractivity contribution is 7.13. The molecule has 0 saturated heterocycles. The SMILES string of the molecule is Clc1cccc(-c2csc(-c3ccccc3Cl)n2)c1. The third kappa shape index (κ3) is 2.66. The lowest BCUT2D eigenvalue weighted by molar-refractivity contribution is 1.40. The summed E-state index contributed by atoms with van der Waals surface area (Å²) >= 11 is 13.8. The summed E-state index contributed by atoms with van der Waals surface area (Å²) in [4.78, 5) is 4.63. The van der Waals surface area contributed by atoms with Crippen LogP contribution in [0.2, 0.25) is 10.0 Å². The molecular formula is C15H9Cl2NS. The second-order valence-electron chi connectivity index (χ2n) is 4.03. The normalized spacial score (nSPS) is 10.6. The van der Waals surface area contributed by atoms with Crippen LogP contribution in [0.25, 0.3) is 21.8 Å². The Morgan fingerprint density at radius 1 is 0.947 bits per heavy atom. The Labute approximate surface area is 125 Å². The first-order valence-electron chi connectivity index (χ1n) is 5.70. The molecule has 1 aromatic heterocycles. The summed E-state index contributed by atoms with van der Waals surface area (Å²) in [7, 11) is 0. The van der Waals surface area contributed by atoms with Crippen LogP contribution in [0.4, 0.5) is 0 Å². The summed E-state index contributed by atoms with van der Waals surface area (Å²) in [6, 6.07) is 15.4. The van der Waals surface area contributed by atoms with Gasteiger partial charge < -0.3 is 0 Å². The molecule has 0 bridgehead atoms. The van der Waals surface area contributed by atoms with Gasteiger partial charge in [-0.3, -0.25) is 0 Å². The van der Waals surface area contributed by atoms with Crippen molar-refractivity contribution in [3.8, 4) is 21.8 Å². The van der Waals surface area contributed by atoms with Gasteiger partial charge in [-0.1, -0.05) is 53.5 Å². The molecule has 94 valence electrons. The topological polar surface area (TPSA) is 12.9 Å². The van der Waals surface area contributed by atoms with Gasteiger partial charge in [0.1, 0.15) is 5.01 Å². The summed E-state index contributed by atoms with van der Waals surface area (Å²) in [5, 5.41) is 4.37. The summed E-state index contributed by atoms with van der Waals surface area (Å²) in [6.45, 7) is 0. The zero-order chi connectivity index (χ0) is 13.2. The molecular weight excluding hydrogens is 297 g/mol.